The topological polar surface area (TPSA) is 106 Å². The highest BCUT2D eigenvalue weighted by atomic mass is 35.5. The molecule has 3 unspecified atom stereocenters. The van der Waals surface area contributed by atoms with Crippen LogP contribution in [0.3, 0.4) is 0 Å². The van der Waals surface area contributed by atoms with Crippen molar-refractivity contribution < 1.29 is 45.7 Å². The summed E-state index contributed by atoms with van der Waals surface area (Å²) >= 11 is 7.06. The average Bonchev–Trinajstić information content (AvgIpc) is 3.93. The Bertz CT molecular complexity index is 2660. The molecule has 18 heteroatoms. The van der Waals surface area contributed by atoms with Crippen molar-refractivity contribution in [1.29, 1.82) is 0 Å². The standard InChI is InChI=1S/C51H57ClF5N7O5/c1-29-21-40(61(24-31-9-15-36(66-6)16-10-31)25-32-11-17-37(67-7)18-12-32)58-45(42(29)51(55,56)57)41-39(52)22-38-44(43(41)54)59-47(68-30(2)50-19-8-20-63(50)26-33(53)23-50)60-46(38)62-27-34-13-14-35(28-62)64(34)48(65)69-49(3,4)5/h9-12,15-18,21-22,30,33-35H,8,13-14,19-20,23-28H2,1-7H3/t30?,33-,34?,35?,50-/m1/s1. The Morgan fingerprint density at radius 2 is 1.52 bits per heavy atom. The number of alkyl halides is 4. The maximum absolute atomic E-state index is 18.0. The van der Waals surface area contributed by atoms with E-state index in [1.54, 1.807) is 64.2 Å². The summed E-state index contributed by atoms with van der Waals surface area (Å²) in [4.78, 5) is 35.2. The van der Waals surface area contributed by atoms with Gasteiger partial charge in [-0.15, -0.1) is 0 Å². The molecule has 69 heavy (non-hydrogen) atoms. The van der Waals surface area contributed by atoms with Crippen molar-refractivity contribution in [3.63, 3.8) is 0 Å². The number of piperazine rings is 1. The van der Waals surface area contributed by atoms with Crippen LogP contribution in [0.1, 0.15) is 82.1 Å². The normalized spacial score (nSPS) is 22.0. The summed E-state index contributed by atoms with van der Waals surface area (Å²) in [7, 11) is 3.11. The van der Waals surface area contributed by atoms with Gasteiger partial charge in [-0.05, 0) is 120 Å². The number of amides is 1. The predicted octanol–water partition coefficient (Wildman–Crippen LogP) is 11.0. The van der Waals surface area contributed by atoms with E-state index in [-0.39, 0.29) is 77.3 Å². The first kappa shape index (κ1) is 48.3. The van der Waals surface area contributed by atoms with Crippen LogP contribution < -0.4 is 24.0 Å². The molecule has 12 nitrogen and oxygen atoms in total. The summed E-state index contributed by atoms with van der Waals surface area (Å²) in [5.74, 6) is 0.492. The van der Waals surface area contributed by atoms with Gasteiger partial charge in [-0.1, -0.05) is 35.9 Å². The highest BCUT2D eigenvalue weighted by Gasteiger charge is 2.53. The minimum Gasteiger partial charge on any atom is -0.497 e. The van der Waals surface area contributed by atoms with Gasteiger partial charge >= 0.3 is 18.3 Å². The summed E-state index contributed by atoms with van der Waals surface area (Å²) in [5.41, 5.74) is -2.73. The maximum atomic E-state index is 18.0. The monoisotopic (exact) mass is 977 g/mol. The third-order valence-electron chi connectivity index (χ3n) is 14.0. The second-order valence-corrected chi connectivity index (χ2v) is 20.1. The number of anilines is 2. The van der Waals surface area contributed by atoms with Crippen LogP contribution in [0.2, 0.25) is 5.02 Å². The number of hydrogen-bond donors (Lipinski definition) is 0. The molecule has 1 amide bonds. The fourth-order valence-electron chi connectivity index (χ4n) is 10.9. The molecule has 0 saturated carbocycles. The zero-order valence-electron chi connectivity index (χ0n) is 39.8. The molecule has 4 fully saturated rings. The summed E-state index contributed by atoms with van der Waals surface area (Å²) in [6.45, 7) is 10.5. The lowest BCUT2D eigenvalue weighted by Gasteiger charge is -2.42. The van der Waals surface area contributed by atoms with E-state index in [1.807, 2.05) is 41.0 Å². The van der Waals surface area contributed by atoms with Crippen molar-refractivity contribution in [3.8, 4) is 28.8 Å². The van der Waals surface area contributed by atoms with Crippen molar-refractivity contribution in [2.24, 2.45) is 0 Å². The highest BCUT2D eigenvalue weighted by Crippen LogP contribution is 2.48. The van der Waals surface area contributed by atoms with Crippen LogP contribution in [0.4, 0.5) is 38.4 Å². The van der Waals surface area contributed by atoms with Gasteiger partial charge in [-0.3, -0.25) is 9.80 Å². The first-order valence-electron chi connectivity index (χ1n) is 23.4. The van der Waals surface area contributed by atoms with Crippen LogP contribution in [-0.2, 0) is 24.0 Å². The number of nitrogens with zero attached hydrogens (tertiary/aromatic N) is 7. The van der Waals surface area contributed by atoms with Crippen LogP contribution in [0.25, 0.3) is 22.2 Å². The van der Waals surface area contributed by atoms with E-state index in [2.05, 4.69) is 14.9 Å². The number of ether oxygens (including phenoxy) is 4. The van der Waals surface area contributed by atoms with Crippen LogP contribution in [-0.4, -0.2) is 107 Å². The zero-order valence-corrected chi connectivity index (χ0v) is 40.6. The largest absolute Gasteiger partial charge is 0.497 e. The summed E-state index contributed by atoms with van der Waals surface area (Å²) in [6, 6.07) is 16.5. The number of pyridine rings is 1. The van der Waals surface area contributed by atoms with Gasteiger partial charge in [0.2, 0.25) is 0 Å². The Labute approximate surface area is 403 Å². The summed E-state index contributed by atoms with van der Waals surface area (Å²) < 4.78 is 102. The summed E-state index contributed by atoms with van der Waals surface area (Å²) in [6.07, 6.45) is -3.98. The lowest BCUT2D eigenvalue weighted by molar-refractivity contribution is -0.137. The number of methoxy groups -OCH3 is 2. The van der Waals surface area contributed by atoms with Gasteiger partial charge < -0.3 is 28.7 Å². The third kappa shape index (κ3) is 9.52. The van der Waals surface area contributed by atoms with Gasteiger partial charge in [0.25, 0.3) is 0 Å². The fraction of sp³-hybridized carbons (Fsp3) is 0.490. The Morgan fingerprint density at radius 3 is 2.09 bits per heavy atom. The number of benzene rings is 3. The number of aryl methyl sites for hydroxylation is 1. The molecule has 0 radical (unpaired) electrons. The molecule has 9 rings (SSSR count). The smallest absolute Gasteiger partial charge is 0.418 e. The molecule has 2 aromatic heterocycles. The van der Waals surface area contributed by atoms with Crippen molar-refractivity contribution >= 4 is 40.2 Å². The van der Waals surface area contributed by atoms with Crippen LogP contribution in [0, 0.1) is 12.7 Å². The van der Waals surface area contributed by atoms with Gasteiger partial charge in [0, 0.05) is 44.5 Å². The molecule has 0 aliphatic carbocycles. The van der Waals surface area contributed by atoms with Gasteiger partial charge in [0.15, 0.2) is 5.82 Å². The molecule has 0 N–H and O–H groups in total. The molecule has 5 atom stereocenters. The number of carbonyl (C=O) groups is 1. The molecular weight excluding hydrogens is 921 g/mol. The minimum atomic E-state index is -4.98. The van der Waals surface area contributed by atoms with Gasteiger partial charge in [-0.25, -0.2) is 18.6 Å². The Hall–Kier alpha value is -5.68. The average molecular weight is 979 g/mol. The van der Waals surface area contributed by atoms with E-state index in [1.165, 1.54) is 19.1 Å². The molecule has 0 spiro atoms. The second-order valence-electron chi connectivity index (χ2n) is 19.7. The van der Waals surface area contributed by atoms with Crippen molar-refractivity contribution in [2.75, 3.05) is 50.2 Å². The number of rotatable bonds is 12. The van der Waals surface area contributed by atoms with E-state index in [0.717, 1.165) is 17.5 Å². The van der Waals surface area contributed by atoms with Crippen LogP contribution in [0.15, 0.2) is 60.7 Å². The number of fused-ring (bicyclic) bond motifs is 4. The highest BCUT2D eigenvalue weighted by molar-refractivity contribution is 6.34. The molecule has 2 bridgehead atoms. The van der Waals surface area contributed by atoms with Crippen molar-refractivity contribution in [2.45, 2.75) is 121 Å². The zero-order chi connectivity index (χ0) is 49.2. The molecule has 3 aromatic carbocycles. The van der Waals surface area contributed by atoms with Crippen LogP contribution in [0.5, 0.6) is 17.5 Å². The molecular formula is C51H57ClF5N7O5. The van der Waals surface area contributed by atoms with Crippen LogP contribution >= 0.6 is 11.6 Å². The number of carbonyl (C=O) groups excluding carboxylic acids is 1. The SMILES string of the molecule is COc1ccc(CN(Cc2ccc(OC)cc2)c2cc(C)c(C(F)(F)F)c(-c3c(Cl)cc4c(N5CC6CCC(C5)N6C(=O)OC(C)(C)C)nc(OC(C)[C@]56CCCN5C[C@H](F)C6)nc4c3F)n2)cc1. The van der Waals surface area contributed by atoms with Gasteiger partial charge in [0.05, 0.1) is 53.7 Å². The molecule has 368 valence electrons. The van der Waals surface area contributed by atoms with Crippen molar-refractivity contribution in [1.82, 2.24) is 24.8 Å². The molecule has 6 heterocycles. The second kappa shape index (κ2) is 18.6. The van der Waals surface area contributed by atoms with E-state index < -0.39 is 58.3 Å². The number of aromatic nitrogens is 3. The molecule has 4 saturated heterocycles. The van der Waals surface area contributed by atoms with E-state index in [9.17, 15) is 4.79 Å². The fourth-order valence-corrected chi connectivity index (χ4v) is 11.2. The Kier molecular flexibility index (Phi) is 13.0. The lowest BCUT2D eigenvalue weighted by atomic mass is 9.88. The first-order valence-corrected chi connectivity index (χ1v) is 23.7. The van der Waals surface area contributed by atoms with Crippen molar-refractivity contribution in [3.05, 3.63) is 93.8 Å². The van der Waals surface area contributed by atoms with Gasteiger partial charge in [-0.2, -0.15) is 23.1 Å². The molecule has 5 aromatic rings. The number of hydrogen-bond acceptors (Lipinski definition) is 11. The predicted molar refractivity (Wildman–Crippen MR) is 254 cm³/mol. The van der Waals surface area contributed by atoms with E-state index in [4.69, 9.17) is 35.5 Å². The Balaban J connectivity index is 1.18. The minimum absolute atomic E-state index is 0.138. The molecule has 4 aliphatic heterocycles. The van der Waals surface area contributed by atoms with Gasteiger partial charge in [0.1, 0.15) is 46.5 Å². The third-order valence-corrected chi connectivity index (χ3v) is 14.3. The van der Waals surface area contributed by atoms with E-state index >= 15 is 22.0 Å². The molecule has 4 aliphatic rings. The maximum Gasteiger partial charge on any atom is 0.418 e. The Morgan fingerprint density at radius 1 is 0.913 bits per heavy atom. The quantitative estimate of drug-likeness (QED) is 0.112. The lowest BCUT2D eigenvalue weighted by Crippen LogP contribution is -2.57. The summed E-state index contributed by atoms with van der Waals surface area (Å²) in [5, 5.41) is -0.201. The number of halogens is 6. The van der Waals surface area contributed by atoms with E-state index in [0.29, 0.717) is 50.4 Å². The first-order chi connectivity index (χ1) is 32.7.